The molecule has 22 heavy (non-hydrogen) atoms. The van der Waals surface area contributed by atoms with E-state index in [1.807, 2.05) is 24.3 Å². The molecule has 0 bridgehead atoms. The zero-order valence-corrected chi connectivity index (χ0v) is 12.0. The number of rotatable bonds is 3. The molecular weight excluding hydrogens is 276 g/mol. The Morgan fingerprint density at radius 3 is 2.41 bits per heavy atom. The van der Waals surface area contributed by atoms with Crippen LogP contribution in [0.4, 0.5) is 0 Å². The van der Waals surface area contributed by atoms with Gasteiger partial charge >= 0.3 is 6.21 Å². The summed E-state index contributed by atoms with van der Waals surface area (Å²) in [6.45, 7) is 1.68. The second-order valence-electron chi connectivity index (χ2n) is 4.67. The number of nitrogens with zero attached hydrogens (tertiary/aromatic N) is 2. The van der Waals surface area contributed by atoms with E-state index in [4.69, 9.17) is 5.53 Å². The third-order valence-corrected chi connectivity index (χ3v) is 3.11. The van der Waals surface area contributed by atoms with Gasteiger partial charge in [0.1, 0.15) is 0 Å². The maximum atomic E-state index is 11.8. The van der Waals surface area contributed by atoms with Crippen LogP contribution in [0, 0.1) is 11.8 Å². The second-order valence-corrected chi connectivity index (χ2v) is 4.67. The number of benzene rings is 2. The molecule has 2 aromatic carbocycles. The van der Waals surface area contributed by atoms with Crippen molar-refractivity contribution >= 4 is 12.0 Å². The summed E-state index contributed by atoms with van der Waals surface area (Å²) >= 11 is 0. The van der Waals surface area contributed by atoms with Gasteiger partial charge in [-0.3, -0.25) is 4.79 Å². The molecule has 0 aliphatic rings. The molecule has 2 rings (SSSR count). The number of aliphatic hydroxyl groups excluding tert-OH is 1. The van der Waals surface area contributed by atoms with Gasteiger partial charge < -0.3 is 10.6 Å². The summed E-state index contributed by atoms with van der Waals surface area (Å²) in [4.78, 5) is 14.6. The highest BCUT2D eigenvalue weighted by molar-refractivity contribution is 6.34. The minimum Gasteiger partial charge on any atom is -0.389 e. The third-order valence-electron chi connectivity index (χ3n) is 3.11. The second kappa shape index (κ2) is 7.14. The number of hydrogen-bond donors (Lipinski definition) is 1. The van der Waals surface area contributed by atoms with Gasteiger partial charge in [0.25, 0.3) is 5.78 Å². The van der Waals surface area contributed by atoms with Crippen molar-refractivity contribution < 1.29 is 14.7 Å². The topological polar surface area (TPSA) is 73.7 Å². The monoisotopic (exact) mass is 290 g/mol. The Morgan fingerprint density at radius 1 is 1.14 bits per heavy atom. The van der Waals surface area contributed by atoms with Gasteiger partial charge in [-0.1, -0.05) is 42.2 Å². The number of Topliss-reactive ketones (excluding diaryl/α,β-unsaturated/α-hetero) is 1. The lowest BCUT2D eigenvalue weighted by Gasteiger charge is -2.06. The van der Waals surface area contributed by atoms with Gasteiger partial charge in [0, 0.05) is 16.7 Å². The van der Waals surface area contributed by atoms with Crippen LogP contribution in [0.25, 0.3) is 5.53 Å². The predicted molar refractivity (Wildman–Crippen MR) is 83.5 cm³/mol. The molecule has 0 spiro atoms. The molecule has 0 aliphatic carbocycles. The van der Waals surface area contributed by atoms with Crippen LogP contribution in [-0.4, -0.2) is 21.9 Å². The number of aliphatic hydroxyl groups is 1. The summed E-state index contributed by atoms with van der Waals surface area (Å²) in [6, 6.07) is 14.1. The molecular formula is C18H14N2O2. The molecule has 1 unspecified atom stereocenters. The van der Waals surface area contributed by atoms with E-state index in [1.54, 1.807) is 31.2 Å². The lowest BCUT2D eigenvalue weighted by molar-refractivity contribution is 0.00234. The first-order valence-electron chi connectivity index (χ1n) is 6.73. The maximum absolute atomic E-state index is 11.8. The van der Waals surface area contributed by atoms with Gasteiger partial charge in [-0.05, 0) is 30.7 Å². The Kier molecular flexibility index (Phi) is 5.00. The zero-order chi connectivity index (χ0) is 15.9. The van der Waals surface area contributed by atoms with Crippen molar-refractivity contribution in [3.05, 3.63) is 76.3 Å². The van der Waals surface area contributed by atoms with Crippen molar-refractivity contribution in [1.82, 2.24) is 0 Å². The average molecular weight is 290 g/mol. The minimum absolute atomic E-state index is 0.363. The van der Waals surface area contributed by atoms with E-state index in [-0.39, 0.29) is 0 Å². The van der Waals surface area contributed by atoms with E-state index in [0.717, 1.165) is 11.8 Å². The first kappa shape index (κ1) is 15.4. The molecule has 0 heterocycles. The normalized spacial score (nSPS) is 10.8. The van der Waals surface area contributed by atoms with Gasteiger partial charge in [-0.2, -0.15) is 4.79 Å². The van der Waals surface area contributed by atoms with Crippen LogP contribution in [0.2, 0.25) is 0 Å². The van der Waals surface area contributed by atoms with Gasteiger partial charge in [0.2, 0.25) is 0 Å². The van der Waals surface area contributed by atoms with Crippen molar-refractivity contribution in [2.45, 2.75) is 13.0 Å². The number of ketones is 1. The fourth-order valence-electron chi connectivity index (χ4n) is 2.04. The highest BCUT2D eigenvalue weighted by Crippen LogP contribution is 2.16. The molecule has 0 aliphatic heterocycles. The number of carbonyl (C=O) groups is 1. The van der Waals surface area contributed by atoms with E-state index < -0.39 is 11.9 Å². The van der Waals surface area contributed by atoms with Crippen LogP contribution in [0.3, 0.4) is 0 Å². The highest BCUT2D eigenvalue weighted by atomic mass is 16.3. The van der Waals surface area contributed by atoms with Crippen molar-refractivity contribution in [3.63, 3.8) is 0 Å². The van der Waals surface area contributed by atoms with E-state index >= 15 is 0 Å². The van der Waals surface area contributed by atoms with Crippen LogP contribution in [0.5, 0.6) is 0 Å². The molecule has 1 atom stereocenters. The SMILES string of the molecule is CC(O)c1ccccc1C#Cc1ccccc1C(=O)C=[N+]=[N-]. The first-order valence-corrected chi connectivity index (χ1v) is 6.73. The lowest BCUT2D eigenvalue weighted by atomic mass is 10.0. The molecule has 0 amide bonds. The van der Waals surface area contributed by atoms with Crippen molar-refractivity contribution in [3.8, 4) is 11.8 Å². The first-order chi connectivity index (χ1) is 10.6. The maximum Gasteiger partial charge on any atom is 0.328 e. The molecule has 1 N–H and O–H groups in total. The predicted octanol–water partition coefficient (Wildman–Crippen LogP) is 2.62. The molecule has 0 radical (unpaired) electrons. The quantitative estimate of drug-likeness (QED) is 0.310. The molecule has 4 heteroatoms. The average Bonchev–Trinajstić information content (AvgIpc) is 2.53. The summed E-state index contributed by atoms with van der Waals surface area (Å²) in [5.41, 5.74) is 10.8. The summed E-state index contributed by atoms with van der Waals surface area (Å²) < 4.78 is 0. The van der Waals surface area contributed by atoms with E-state index in [2.05, 4.69) is 16.6 Å². The molecule has 0 saturated heterocycles. The summed E-state index contributed by atoms with van der Waals surface area (Å²) in [6.07, 6.45) is 0.216. The Hall–Kier alpha value is -2.99. The Morgan fingerprint density at radius 2 is 1.73 bits per heavy atom. The smallest absolute Gasteiger partial charge is 0.328 e. The van der Waals surface area contributed by atoms with Crippen LogP contribution in [0.1, 0.15) is 40.1 Å². The van der Waals surface area contributed by atoms with Crippen molar-refractivity contribution in [2.24, 2.45) is 0 Å². The van der Waals surface area contributed by atoms with Crippen LogP contribution >= 0.6 is 0 Å². The van der Waals surface area contributed by atoms with Crippen LogP contribution in [-0.2, 0) is 0 Å². The standard InChI is InChI=1S/C18H14N2O2/c1-13(21)16-8-4-2-6-14(16)10-11-15-7-3-5-9-17(15)18(22)12-20-19/h2-9,12-13,21H,1H3. The molecule has 2 aromatic rings. The summed E-state index contributed by atoms with van der Waals surface area (Å²) in [5.74, 6) is 5.50. The van der Waals surface area contributed by atoms with Crippen molar-refractivity contribution in [1.29, 1.82) is 0 Å². The highest BCUT2D eigenvalue weighted by Gasteiger charge is 2.11. The fraction of sp³-hybridized carbons (Fsp3) is 0.111. The van der Waals surface area contributed by atoms with Gasteiger partial charge in [-0.15, -0.1) is 0 Å². The third kappa shape index (κ3) is 3.56. The van der Waals surface area contributed by atoms with Gasteiger partial charge in [0.05, 0.1) is 6.10 Å². The van der Waals surface area contributed by atoms with E-state index in [1.165, 1.54) is 0 Å². The van der Waals surface area contributed by atoms with E-state index in [0.29, 0.717) is 16.7 Å². The number of hydrogen-bond acceptors (Lipinski definition) is 2. The largest absolute Gasteiger partial charge is 0.389 e. The van der Waals surface area contributed by atoms with Crippen LogP contribution < -0.4 is 0 Å². The molecule has 0 aromatic heterocycles. The Balaban J connectivity index is 2.46. The Labute approximate surface area is 128 Å². The minimum atomic E-state index is -0.621. The Bertz CT molecular complexity index is 807. The number of carbonyl (C=O) groups excluding carboxylic acids is 1. The summed E-state index contributed by atoms with van der Waals surface area (Å²) in [5, 5.41) is 9.75. The fourth-order valence-corrected chi connectivity index (χ4v) is 2.04. The molecule has 108 valence electrons. The molecule has 0 saturated carbocycles. The zero-order valence-electron chi connectivity index (χ0n) is 12.0. The van der Waals surface area contributed by atoms with Crippen molar-refractivity contribution in [2.75, 3.05) is 0 Å². The van der Waals surface area contributed by atoms with E-state index in [9.17, 15) is 9.90 Å². The molecule has 4 nitrogen and oxygen atoms in total. The summed E-state index contributed by atoms with van der Waals surface area (Å²) in [7, 11) is 0. The molecule has 0 fully saturated rings. The lowest BCUT2D eigenvalue weighted by Crippen LogP contribution is -2.03. The van der Waals surface area contributed by atoms with Gasteiger partial charge in [0.15, 0.2) is 0 Å². The van der Waals surface area contributed by atoms with Crippen LogP contribution in [0.15, 0.2) is 48.5 Å². The van der Waals surface area contributed by atoms with Gasteiger partial charge in [-0.25, -0.2) is 0 Å².